The van der Waals surface area contributed by atoms with Gasteiger partial charge in [0.2, 0.25) is 0 Å². The first-order valence-electron chi connectivity index (χ1n) is 5.06. The lowest BCUT2D eigenvalue weighted by Crippen LogP contribution is -2.34. The first kappa shape index (κ1) is 13.5. The lowest BCUT2D eigenvalue weighted by molar-refractivity contribution is 0.0105. The molecule has 3 heteroatoms. The van der Waals surface area contributed by atoms with Crippen molar-refractivity contribution in [2.45, 2.75) is 51.0 Å². The van der Waals surface area contributed by atoms with Gasteiger partial charge in [-0.3, -0.25) is 0 Å². The summed E-state index contributed by atoms with van der Waals surface area (Å²) >= 11 is 0. The van der Waals surface area contributed by atoms with Crippen LogP contribution in [0.4, 0.5) is 0 Å². The van der Waals surface area contributed by atoms with Crippen LogP contribution in [0.1, 0.15) is 44.9 Å². The molecule has 3 unspecified atom stereocenters. The molecule has 2 aliphatic rings. The summed E-state index contributed by atoms with van der Waals surface area (Å²) in [4.78, 5) is 0. The van der Waals surface area contributed by atoms with Crippen LogP contribution in [-0.4, -0.2) is 11.2 Å². The van der Waals surface area contributed by atoms with E-state index in [4.69, 9.17) is 0 Å². The minimum atomic E-state index is 0. The molecular formula is C10H20Cl2O. The van der Waals surface area contributed by atoms with E-state index in [0.717, 1.165) is 12.3 Å². The molecule has 80 valence electrons. The fourth-order valence-electron chi connectivity index (χ4n) is 2.90. The van der Waals surface area contributed by atoms with E-state index in [0.29, 0.717) is 5.92 Å². The molecule has 2 aliphatic carbocycles. The molecule has 0 aromatic carbocycles. The van der Waals surface area contributed by atoms with Gasteiger partial charge in [-0.25, -0.2) is 0 Å². The van der Waals surface area contributed by atoms with Crippen molar-refractivity contribution >= 4 is 24.8 Å². The summed E-state index contributed by atoms with van der Waals surface area (Å²) < 4.78 is 0. The lowest BCUT2D eigenvalue weighted by Gasteiger charge is -2.38. The normalized spacial score (nSPS) is 38.1. The Morgan fingerprint density at radius 3 is 2.08 bits per heavy atom. The Labute approximate surface area is 93.1 Å². The van der Waals surface area contributed by atoms with Crippen LogP contribution in [0.3, 0.4) is 0 Å². The number of halogens is 2. The predicted molar refractivity (Wildman–Crippen MR) is 59.8 cm³/mol. The summed E-state index contributed by atoms with van der Waals surface area (Å²) in [5.74, 6) is 1.56. The number of aliphatic hydroxyl groups is 1. The smallest absolute Gasteiger partial charge is 0.0571 e. The van der Waals surface area contributed by atoms with Crippen molar-refractivity contribution in [1.29, 1.82) is 0 Å². The van der Waals surface area contributed by atoms with Gasteiger partial charge >= 0.3 is 0 Å². The van der Waals surface area contributed by atoms with Crippen LogP contribution in [0.2, 0.25) is 0 Å². The van der Waals surface area contributed by atoms with Crippen LogP contribution in [0.25, 0.3) is 0 Å². The number of hydrogen-bond donors (Lipinski definition) is 1. The zero-order chi connectivity index (χ0) is 7.68. The van der Waals surface area contributed by atoms with E-state index in [9.17, 15) is 5.11 Å². The van der Waals surface area contributed by atoms with E-state index in [2.05, 4.69) is 0 Å². The second-order valence-electron chi connectivity index (χ2n) is 4.21. The standard InChI is InChI=1S/C10H18O.2ClH/c11-10-7-3-5-8-4-1-2-6-9(8)10;;/h8-11H,1-7H2;2*1H. The van der Waals surface area contributed by atoms with Gasteiger partial charge in [0.15, 0.2) is 0 Å². The van der Waals surface area contributed by atoms with Gasteiger partial charge in [-0.05, 0) is 31.1 Å². The third kappa shape index (κ3) is 3.00. The fraction of sp³-hybridized carbons (Fsp3) is 1.00. The van der Waals surface area contributed by atoms with Gasteiger partial charge in [0.25, 0.3) is 0 Å². The number of rotatable bonds is 0. The molecule has 0 bridgehead atoms. The first-order chi connectivity index (χ1) is 5.38. The van der Waals surface area contributed by atoms with Gasteiger partial charge in [0.1, 0.15) is 0 Å². The van der Waals surface area contributed by atoms with E-state index in [1.807, 2.05) is 0 Å². The zero-order valence-corrected chi connectivity index (χ0v) is 9.58. The van der Waals surface area contributed by atoms with Crippen LogP contribution < -0.4 is 0 Å². The minimum Gasteiger partial charge on any atom is -0.393 e. The molecule has 0 amide bonds. The van der Waals surface area contributed by atoms with Crippen molar-refractivity contribution in [1.82, 2.24) is 0 Å². The molecule has 0 radical (unpaired) electrons. The second kappa shape index (κ2) is 6.10. The van der Waals surface area contributed by atoms with Gasteiger partial charge in [-0.2, -0.15) is 0 Å². The summed E-state index contributed by atoms with van der Waals surface area (Å²) in [6, 6.07) is 0. The number of fused-ring (bicyclic) bond motifs is 1. The molecule has 0 aromatic heterocycles. The Balaban J connectivity index is 0.000000720. The monoisotopic (exact) mass is 226 g/mol. The third-order valence-electron chi connectivity index (χ3n) is 3.54. The molecule has 3 atom stereocenters. The molecule has 0 aliphatic heterocycles. The van der Waals surface area contributed by atoms with Crippen LogP contribution in [0.5, 0.6) is 0 Å². The van der Waals surface area contributed by atoms with E-state index in [-0.39, 0.29) is 30.9 Å². The van der Waals surface area contributed by atoms with Gasteiger partial charge in [0.05, 0.1) is 6.10 Å². The van der Waals surface area contributed by atoms with Crippen LogP contribution in [0.15, 0.2) is 0 Å². The number of hydrogen-bond acceptors (Lipinski definition) is 1. The second-order valence-corrected chi connectivity index (χ2v) is 4.21. The van der Waals surface area contributed by atoms with Crippen LogP contribution in [-0.2, 0) is 0 Å². The maximum absolute atomic E-state index is 9.70. The van der Waals surface area contributed by atoms with Crippen molar-refractivity contribution in [3.8, 4) is 0 Å². The molecule has 2 fully saturated rings. The average Bonchev–Trinajstić information content (AvgIpc) is 2.06. The van der Waals surface area contributed by atoms with Crippen LogP contribution in [0, 0.1) is 11.8 Å². The Bertz CT molecular complexity index is 139. The Morgan fingerprint density at radius 1 is 0.769 bits per heavy atom. The van der Waals surface area contributed by atoms with Crippen molar-refractivity contribution in [2.24, 2.45) is 11.8 Å². The summed E-state index contributed by atoms with van der Waals surface area (Å²) in [7, 11) is 0. The number of aliphatic hydroxyl groups excluding tert-OH is 1. The topological polar surface area (TPSA) is 20.2 Å². The highest BCUT2D eigenvalue weighted by Gasteiger charge is 2.33. The molecular weight excluding hydrogens is 207 g/mol. The zero-order valence-electron chi connectivity index (χ0n) is 7.95. The lowest BCUT2D eigenvalue weighted by atomic mass is 9.69. The van der Waals surface area contributed by atoms with Crippen molar-refractivity contribution in [3.63, 3.8) is 0 Å². The van der Waals surface area contributed by atoms with Gasteiger partial charge < -0.3 is 5.11 Å². The SMILES string of the molecule is Cl.Cl.OC1CCCC2CCCCC12. The summed E-state index contributed by atoms with van der Waals surface area (Å²) in [5, 5.41) is 9.70. The molecule has 1 N–H and O–H groups in total. The third-order valence-corrected chi connectivity index (χ3v) is 3.54. The van der Waals surface area contributed by atoms with Crippen LogP contribution >= 0.6 is 24.8 Å². The Kier molecular flexibility index (Phi) is 6.36. The molecule has 0 spiro atoms. The fourth-order valence-corrected chi connectivity index (χ4v) is 2.90. The highest BCUT2D eigenvalue weighted by Crippen LogP contribution is 2.40. The highest BCUT2D eigenvalue weighted by atomic mass is 35.5. The van der Waals surface area contributed by atoms with Crippen molar-refractivity contribution in [3.05, 3.63) is 0 Å². The first-order valence-corrected chi connectivity index (χ1v) is 5.06. The quantitative estimate of drug-likeness (QED) is 0.673. The Morgan fingerprint density at radius 2 is 1.38 bits per heavy atom. The van der Waals surface area contributed by atoms with Crippen molar-refractivity contribution < 1.29 is 5.11 Å². The molecule has 0 saturated heterocycles. The molecule has 0 heterocycles. The maximum Gasteiger partial charge on any atom is 0.0571 e. The molecule has 1 nitrogen and oxygen atoms in total. The summed E-state index contributed by atoms with van der Waals surface area (Å²) in [6.07, 6.45) is 9.24. The summed E-state index contributed by atoms with van der Waals surface area (Å²) in [5.41, 5.74) is 0. The Hall–Kier alpha value is 0.540. The average molecular weight is 227 g/mol. The van der Waals surface area contributed by atoms with Gasteiger partial charge in [-0.15, -0.1) is 24.8 Å². The summed E-state index contributed by atoms with van der Waals surface area (Å²) in [6.45, 7) is 0. The van der Waals surface area contributed by atoms with E-state index < -0.39 is 0 Å². The molecule has 0 aromatic rings. The predicted octanol–water partition coefficient (Wildman–Crippen LogP) is 3.18. The molecule has 2 rings (SSSR count). The molecule has 13 heavy (non-hydrogen) atoms. The maximum atomic E-state index is 9.70. The van der Waals surface area contributed by atoms with E-state index in [1.54, 1.807) is 0 Å². The van der Waals surface area contributed by atoms with Gasteiger partial charge in [0, 0.05) is 0 Å². The van der Waals surface area contributed by atoms with Gasteiger partial charge in [-0.1, -0.05) is 25.7 Å². The highest BCUT2D eigenvalue weighted by molar-refractivity contribution is 5.85. The minimum absolute atomic E-state index is 0. The van der Waals surface area contributed by atoms with E-state index >= 15 is 0 Å². The molecule has 2 saturated carbocycles. The van der Waals surface area contributed by atoms with Crippen molar-refractivity contribution in [2.75, 3.05) is 0 Å². The van der Waals surface area contributed by atoms with E-state index in [1.165, 1.54) is 38.5 Å². The largest absolute Gasteiger partial charge is 0.393 e.